The SMILES string of the molecule is O=C(NCC(C(=O)N1CCCC[C@H]1C(=O)O)C1CCC1)OCC1c2ccccc2-c2ccccc21. The number of aliphatic carboxylic acids is 1. The van der Waals surface area contributed by atoms with Crippen molar-refractivity contribution in [1.82, 2.24) is 10.2 Å². The van der Waals surface area contributed by atoms with Crippen molar-refractivity contribution in [3.8, 4) is 11.1 Å². The van der Waals surface area contributed by atoms with Crippen molar-refractivity contribution in [2.24, 2.45) is 11.8 Å². The van der Waals surface area contributed by atoms with Crippen molar-refractivity contribution in [1.29, 1.82) is 0 Å². The van der Waals surface area contributed by atoms with Gasteiger partial charge < -0.3 is 20.1 Å². The molecule has 3 aliphatic rings. The third-order valence-corrected chi connectivity index (χ3v) is 7.92. The van der Waals surface area contributed by atoms with Gasteiger partial charge in [-0.1, -0.05) is 55.0 Å². The van der Waals surface area contributed by atoms with Gasteiger partial charge in [0.1, 0.15) is 12.6 Å². The van der Waals surface area contributed by atoms with Crippen LogP contribution in [-0.2, 0) is 14.3 Å². The minimum absolute atomic E-state index is 0.0260. The second-order valence-electron chi connectivity index (χ2n) is 9.89. The van der Waals surface area contributed by atoms with Crippen molar-refractivity contribution in [2.45, 2.75) is 50.5 Å². The molecule has 35 heavy (non-hydrogen) atoms. The molecule has 2 aliphatic carbocycles. The van der Waals surface area contributed by atoms with E-state index in [1.807, 2.05) is 24.3 Å². The average Bonchev–Trinajstić information content (AvgIpc) is 3.17. The topological polar surface area (TPSA) is 95.9 Å². The Morgan fingerprint density at radius 2 is 1.60 bits per heavy atom. The summed E-state index contributed by atoms with van der Waals surface area (Å²) in [4.78, 5) is 39.3. The molecular weight excluding hydrogens is 444 g/mol. The molecule has 5 rings (SSSR count). The number of nitrogens with one attached hydrogen (secondary N) is 1. The van der Waals surface area contributed by atoms with Crippen molar-refractivity contribution in [3.05, 3.63) is 59.7 Å². The fourth-order valence-electron chi connectivity index (χ4n) is 5.81. The Labute approximate surface area is 205 Å². The predicted molar refractivity (Wildman–Crippen MR) is 131 cm³/mol. The van der Waals surface area contributed by atoms with Gasteiger partial charge in [-0.05, 0) is 60.3 Å². The molecule has 2 aromatic rings. The Morgan fingerprint density at radius 1 is 0.943 bits per heavy atom. The molecule has 2 fully saturated rings. The monoisotopic (exact) mass is 476 g/mol. The number of benzene rings is 2. The first-order valence-electron chi connectivity index (χ1n) is 12.7. The first-order valence-corrected chi connectivity index (χ1v) is 12.7. The van der Waals surface area contributed by atoms with Gasteiger partial charge in [-0.15, -0.1) is 0 Å². The van der Waals surface area contributed by atoms with Gasteiger partial charge in [0.15, 0.2) is 0 Å². The highest BCUT2D eigenvalue weighted by molar-refractivity contribution is 5.86. The maximum atomic E-state index is 13.4. The molecule has 184 valence electrons. The maximum Gasteiger partial charge on any atom is 0.407 e. The van der Waals surface area contributed by atoms with E-state index in [1.54, 1.807) is 0 Å². The summed E-state index contributed by atoms with van der Waals surface area (Å²) in [7, 11) is 0. The lowest BCUT2D eigenvalue weighted by Gasteiger charge is -2.40. The van der Waals surface area contributed by atoms with Crippen LogP contribution in [0.1, 0.15) is 55.6 Å². The molecule has 1 unspecified atom stereocenters. The number of hydrogen-bond donors (Lipinski definition) is 2. The highest BCUT2D eigenvalue weighted by Gasteiger charge is 2.40. The minimum atomic E-state index is -0.949. The molecule has 1 saturated heterocycles. The van der Waals surface area contributed by atoms with Gasteiger partial charge in [0.2, 0.25) is 5.91 Å². The number of piperidine rings is 1. The van der Waals surface area contributed by atoms with E-state index in [0.717, 1.165) is 43.2 Å². The second-order valence-corrected chi connectivity index (χ2v) is 9.89. The van der Waals surface area contributed by atoms with E-state index < -0.39 is 24.0 Å². The van der Waals surface area contributed by atoms with Gasteiger partial charge in [-0.3, -0.25) is 4.79 Å². The van der Waals surface area contributed by atoms with Crippen LogP contribution < -0.4 is 5.32 Å². The fourth-order valence-corrected chi connectivity index (χ4v) is 5.81. The summed E-state index contributed by atoms with van der Waals surface area (Å²) in [6, 6.07) is 15.6. The van der Waals surface area contributed by atoms with Crippen LogP contribution >= 0.6 is 0 Å². The largest absolute Gasteiger partial charge is 0.480 e. The number of hydrogen-bond acceptors (Lipinski definition) is 4. The van der Waals surface area contributed by atoms with E-state index >= 15 is 0 Å². The fraction of sp³-hybridized carbons (Fsp3) is 0.464. The van der Waals surface area contributed by atoms with Crippen LogP contribution in [0.15, 0.2) is 48.5 Å². The molecule has 0 spiro atoms. The van der Waals surface area contributed by atoms with E-state index in [9.17, 15) is 19.5 Å². The Morgan fingerprint density at radius 3 is 2.20 bits per heavy atom. The molecule has 1 saturated carbocycles. The standard InChI is InChI=1S/C28H32N2O5/c31-26(30-15-6-5-14-25(30)27(32)33)23(18-8-7-9-18)16-29-28(34)35-17-24-21-12-3-1-10-19(21)20-11-2-4-13-22(20)24/h1-4,10-13,18,23-25H,5-9,14-17H2,(H,29,34)(H,32,33)/t23?,25-/m0/s1. The highest BCUT2D eigenvalue weighted by atomic mass is 16.5. The zero-order valence-electron chi connectivity index (χ0n) is 19.8. The third-order valence-electron chi connectivity index (χ3n) is 7.92. The zero-order chi connectivity index (χ0) is 24.4. The molecule has 2 amide bonds. The van der Waals surface area contributed by atoms with Crippen LogP contribution in [0.3, 0.4) is 0 Å². The summed E-state index contributed by atoms with van der Waals surface area (Å²) in [5.41, 5.74) is 4.63. The van der Waals surface area contributed by atoms with E-state index in [-0.39, 0.29) is 30.9 Å². The Hall–Kier alpha value is -3.35. The van der Waals surface area contributed by atoms with E-state index in [0.29, 0.717) is 13.0 Å². The number of alkyl carbamates (subject to hydrolysis) is 1. The Bertz CT molecular complexity index is 1070. The molecule has 7 nitrogen and oxygen atoms in total. The summed E-state index contributed by atoms with van der Waals surface area (Å²) < 4.78 is 5.64. The van der Waals surface area contributed by atoms with Crippen molar-refractivity contribution < 1.29 is 24.2 Å². The number of nitrogens with zero attached hydrogens (tertiary/aromatic N) is 1. The van der Waals surface area contributed by atoms with Gasteiger partial charge in [-0.25, -0.2) is 9.59 Å². The van der Waals surface area contributed by atoms with Gasteiger partial charge in [0.25, 0.3) is 0 Å². The predicted octanol–water partition coefficient (Wildman–Crippen LogP) is 4.41. The number of fused-ring (bicyclic) bond motifs is 3. The molecule has 0 aromatic heterocycles. The molecule has 1 aliphatic heterocycles. The van der Waals surface area contributed by atoms with Crippen LogP contribution in [0.25, 0.3) is 11.1 Å². The van der Waals surface area contributed by atoms with Crippen LogP contribution in [-0.4, -0.2) is 53.7 Å². The summed E-state index contributed by atoms with van der Waals surface area (Å²) in [6.45, 7) is 0.849. The lowest BCUT2D eigenvalue weighted by Crippen LogP contribution is -2.53. The molecule has 1 heterocycles. The number of carboxylic acids is 1. The zero-order valence-corrected chi connectivity index (χ0v) is 19.8. The first kappa shape index (κ1) is 23.4. The number of likely N-dealkylation sites (tertiary alicyclic amines) is 1. The summed E-state index contributed by atoms with van der Waals surface area (Å²) >= 11 is 0. The molecular formula is C28H32N2O5. The number of carbonyl (C=O) groups excluding carboxylic acids is 2. The molecule has 2 atom stereocenters. The number of carboxylic acid groups (broad SMARTS) is 1. The molecule has 2 N–H and O–H groups in total. The minimum Gasteiger partial charge on any atom is -0.480 e. The smallest absolute Gasteiger partial charge is 0.407 e. The Balaban J connectivity index is 1.22. The number of amides is 2. The van der Waals surface area contributed by atoms with Crippen molar-refractivity contribution in [3.63, 3.8) is 0 Å². The molecule has 0 radical (unpaired) electrons. The van der Waals surface area contributed by atoms with Crippen molar-refractivity contribution in [2.75, 3.05) is 19.7 Å². The molecule has 7 heteroatoms. The van der Waals surface area contributed by atoms with E-state index in [4.69, 9.17) is 4.74 Å². The number of carbonyl (C=O) groups is 3. The Kier molecular flexibility index (Phi) is 6.75. The van der Waals surface area contributed by atoms with Crippen LogP contribution in [0.4, 0.5) is 4.79 Å². The highest BCUT2D eigenvalue weighted by Crippen LogP contribution is 2.44. The van der Waals surface area contributed by atoms with Crippen LogP contribution in [0.2, 0.25) is 0 Å². The van der Waals surface area contributed by atoms with Gasteiger partial charge >= 0.3 is 12.1 Å². The molecule has 2 aromatic carbocycles. The van der Waals surface area contributed by atoms with Gasteiger partial charge in [-0.2, -0.15) is 0 Å². The summed E-state index contributed by atoms with van der Waals surface area (Å²) in [6.07, 6.45) is 4.47. The number of rotatable bonds is 7. The normalized spacial score (nSPS) is 20.3. The third kappa shape index (κ3) is 4.64. The van der Waals surface area contributed by atoms with Gasteiger partial charge in [0, 0.05) is 19.0 Å². The van der Waals surface area contributed by atoms with Crippen LogP contribution in [0, 0.1) is 11.8 Å². The lowest BCUT2D eigenvalue weighted by atomic mass is 9.75. The maximum absolute atomic E-state index is 13.4. The molecule has 0 bridgehead atoms. The second kappa shape index (κ2) is 10.1. The van der Waals surface area contributed by atoms with Crippen LogP contribution in [0.5, 0.6) is 0 Å². The average molecular weight is 477 g/mol. The number of ether oxygens (including phenoxy) is 1. The van der Waals surface area contributed by atoms with Gasteiger partial charge in [0.05, 0.1) is 5.92 Å². The van der Waals surface area contributed by atoms with E-state index in [1.165, 1.54) is 16.0 Å². The summed E-state index contributed by atoms with van der Waals surface area (Å²) in [5.74, 6) is -1.37. The first-order chi connectivity index (χ1) is 17.0. The lowest BCUT2D eigenvalue weighted by molar-refractivity contribution is -0.155. The summed E-state index contributed by atoms with van der Waals surface area (Å²) in [5, 5.41) is 12.4. The quantitative estimate of drug-likeness (QED) is 0.617. The van der Waals surface area contributed by atoms with E-state index in [2.05, 4.69) is 29.6 Å². The van der Waals surface area contributed by atoms with Crippen molar-refractivity contribution >= 4 is 18.0 Å².